The first-order valence-electron chi connectivity index (χ1n) is 4.43. The lowest BCUT2D eigenvalue weighted by Gasteiger charge is -1.91. The molecular weight excluding hydrogens is 180 g/mol. The molecule has 4 heteroatoms. The molecule has 0 unspecified atom stereocenters. The fourth-order valence-electron chi connectivity index (χ4n) is 1.29. The van der Waals surface area contributed by atoms with Gasteiger partial charge in [0.2, 0.25) is 0 Å². The van der Waals surface area contributed by atoms with Crippen LogP contribution in [0.5, 0.6) is 0 Å². The monoisotopic (exact) mass is 192 g/mol. The molecule has 2 rings (SSSR count). The largest absolute Gasteiger partial charge is 0.441 e. The van der Waals surface area contributed by atoms with Crippen molar-refractivity contribution >= 4 is 16.8 Å². The standard InChI is InChI=1S/C10H12N2O2/c1-13-5-4-10-12-8-6-7(11)2-3-9(8)14-10/h2-3,6H,4-5,11H2,1H3. The van der Waals surface area contributed by atoms with Gasteiger partial charge in [0.05, 0.1) is 6.61 Å². The van der Waals surface area contributed by atoms with Crippen molar-refractivity contribution in [2.45, 2.75) is 6.42 Å². The Labute approximate surface area is 81.7 Å². The van der Waals surface area contributed by atoms with Crippen LogP contribution in [0.25, 0.3) is 11.1 Å². The van der Waals surface area contributed by atoms with Gasteiger partial charge in [0.25, 0.3) is 0 Å². The summed E-state index contributed by atoms with van der Waals surface area (Å²) in [5, 5.41) is 0. The Morgan fingerprint density at radius 1 is 1.50 bits per heavy atom. The number of nitrogen functional groups attached to an aromatic ring is 1. The average Bonchev–Trinajstić information content (AvgIpc) is 2.56. The summed E-state index contributed by atoms with van der Waals surface area (Å²) in [7, 11) is 1.65. The molecule has 0 aliphatic rings. The van der Waals surface area contributed by atoms with Gasteiger partial charge in [0.1, 0.15) is 5.52 Å². The number of oxazole rings is 1. The minimum Gasteiger partial charge on any atom is -0.441 e. The number of nitrogens with zero attached hydrogens (tertiary/aromatic N) is 1. The van der Waals surface area contributed by atoms with Crippen LogP contribution in [0.15, 0.2) is 22.6 Å². The summed E-state index contributed by atoms with van der Waals surface area (Å²) < 4.78 is 10.4. The maximum atomic E-state index is 5.63. The Morgan fingerprint density at radius 2 is 2.36 bits per heavy atom. The van der Waals surface area contributed by atoms with Crippen molar-refractivity contribution in [3.8, 4) is 0 Å². The van der Waals surface area contributed by atoms with Crippen molar-refractivity contribution < 1.29 is 9.15 Å². The maximum absolute atomic E-state index is 5.63. The van der Waals surface area contributed by atoms with E-state index in [0.717, 1.165) is 11.1 Å². The molecule has 1 aromatic carbocycles. The molecule has 0 spiro atoms. The fourth-order valence-corrected chi connectivity index (χ4v) is 1.29. The van der Waals surface area contributed by atoms with E-state index in [1.807, 2.05) is 6.07 Å². The summed E-state index contributed by atoms with van der Waals surface area (Å²) in [5.41, 5.74) is 7.90. The molecule has 14 heavy (non-hydrogen) atoms. The smallest absolute Gasteiger partial charge is 0.197 e. The van der Waals surface area contributed by atoms with E-state index in [1.54, 1.807) is 19.2 Å². The summed E-state index contributed by atoms with van der Waals surface area (Å²) in [4.78, 5) is 4.28. The Bertz CT molecular complexity index is 437. The first-order chi connectivity index (χ1) is 6.79. The van der Waals surface area contributed by atoms with E-state index in [0.29, 0.717) is 24.6 Å². The van der Waals surface area contributed by atoms with Crippen LogP contribution in [0.3, 0.4) is 0 Å². The minimum absolute atomic E-state index is 0.613. The van der Waals surface area contributed by atoms with Gasteiger partial charge in [-0.25, -0.2) is 4.98 Å². The summed E-state index contributed by atoms with van der Waals surface area (Å²) in [6.07, 6.45) is 0.686. The van der Waals surface area contributed by atoms with Crippen LogP contribution in [0.1, 0.15) is 5.89 Å². The Hall–Kier alpha value is -1.55. The van der Waals surface area contributed by atoms with Crippen molar-refractivity contribution in [1.82, 2.24) is 4.98 Å². The maximum Gasteiger partial charge on any atom is 0.197 e. The number of benzene rings is 1. The normalized spacial score (nSPS) is 10.9. The molecule has 0 atom stereocenters. The quantitative estimate of drug-likeness (QED) is 0.750. The second-order valence-electron chi connectivity index (χ2n) is 3.08. The van der Waals surface area contributed by atoms with Crippen LogP contribution >= 0.6 is 0 Å². The van der Waals surface area contributed by atoms with Gasteiger partial charge in [-0.3, -0.25) is 0 Å². The Kier molecular flexibility index (Phi) is 2.37. The molecule has 74 valence electrons. The second-order valence-corrected chi connectivity index (χ2v) is 3.08. The molecule has 0 saturated heterocycles. The van der Waals surface area contributed by atoms with Gasteiger partial charge in [-0.15, -0.1) is 0 Å². The molecule has 0 amide bonds. The molecule has 2 aromatic rings. The lowest BCUT2D eigenvalue weighted by Crippen LogP contribution is -1.93. The van der Waals surface area contributed by atoms with Crippen LogP contribution in [-0.4, -0.2) is 18.7 Å². The van der Waals surface area contributed by atoms with E-state index < -0.39 is 0 Å². The third-order valence-electron chi connectivity index (χ3n) is 1.98. The zero-order chi connectivity index (χ0) is 9.97. The number of anilines is 1. The number of methoxy groups -OCH3 is 1. The molecule has 0 aliphatic carbocycles. The Morgan fingerprint density at radius 3 is 3.14 bits per heavy atom. The number of nitrogens with two attached hydrogens (primary N) is 1. The average molecular weight is 192 g/mol. The lowest BCUT2D eigenvalue weighted by molar-refractivity contribution is 0.196. The minimum atomic E-state index is 0.613. The first kappa shape index (κ1) is 9.02. The van der Waals surface area contributed by atoms with Gasteiger partial charge in [0, 0.05) is 19.2 Å². The Balaban J connectivity index is 2.32. The SMILES string of the molecule is COCCc1nc2cc(N)ccc2o1. The number of hydrogen-bond donors (Lipinski definition) is 1. The zero-order valence-electron chi connectivity index (χ0n) is 7.99. The van der Waals surface area contributed by atoms with E-state index >= 15 is 0 Å². The molecule has 1 heterocycles. The molecule has 0 saturated carbocycles. The molecule has 4 nitrogen and oxygen atoms in total. The first-order valence-corrected chi connectivity index (χ1v) is 4.43. The van der Waals surface area contributed by atoms with Crippen molar-refractivity contribution in [2.75, 3.05) is 19.5 Å². The number of ether oxygens (including phenoxy) is 1. The van der Waals surface area contributed by atoms with E-state index in [1.165, 1.54) is 0 Å². The van der Waals surface area contributed by atoms with E-state index in [4.69, 9.17) is 14.9 Å². The molecule has 1 aromatic heterocycles. The van der Waals surface area contributed by atoms with E-state index in [-0.39, 0.29) is 0 Å². The summed E-state index contributed by atoms with van der Waals surface area (Å²) in [6, 6.07) is 5.43. The topological polar surface area (TPSA) is 61.3 Å². The molecule has 2 N–H and O–H groups in total. The van der Waals surface area contributed by atoms with Crippen molar-refractivity contribution in [3.63, 3.8) is 0 Å². The van der Waals surface area contributed by atoms with Crippen LogP contribution in [-0.2, 0) is 11.2 Å². The van der Waals surface area contributed by atoms with Crippen LogP contribution in [0, 0.1) is 0 Å². The third-order valence-corrected chi connectivity index (χ3v) is 1.98. The third kappa shape index (κ3) is 1.70. The van der Waals surface area contributed by atoms with Crippen molar-refractivity contribution in [3.05, 3.63) is 24.1 Å². The highest BCUT2D eigenvalue weighted by Gasteiger charge is 2.04. The predicted molar refractivity (Wildman–Crippen MR) is 54.0 cm³/mol. The number of rotatable bonds is 3. The molecule has 0 aliphatic heterocycles. The number of aromatic nitrogens is 1. The predicted octanol–water partition coefficient (Wildman–Crippen LogP) is 1.60. The molecule has 0 fully saturated rings. The molecular formula is C10H12N2O2. The van der Waals surface area contributed by atoms with Crippen LogP contribution in [0.4, 0.5) is 5.69 Å². The second kappa shape index (κ2) is 3.67. The van der Waals surface area contributed by atoms with Crippen molar-refractivity contribution in [2.24, 2.45) is 0 Å². The highest BCUT2D eigenvalue weighted by Crippen LogP contribution is 2.18. The van der Waals surface area contributed by atoms with Crippen molar-refractivity contribution in [1.29, 1.82) is 0 Å². The highest BCUT2D eigenvalue weighted by atomic mass is 16.5. The van der Waals surface area contributed by atoms with Gasteiger partial charge >= 0.3 is 0 Å². The highest BCUT2D eigenvalue weighted by molar-refractivity contribution is 5.76. The summed E-state index contributed by atoms with van der Waals surface area (Å²) in [5.74, 6) is 0.687. The van der Waals surface area contributed by atoms with Crippen LogP contribution < -0.4 is 5.73 Å². The fraction of sp³-hybridized carbons (Fsp3) is 0.300. The molecule has 0 radical (unpaired) electrons. The van der Waals surface area contributed by atoms with E-state index in [2.05, 4.69) is 4.98 Å². The van der Waals surface area contributed by atoms with E-state index in [9.17, 15) is 0 Å². The zero-order valence-corrected chi connectivity index (χ0v) is 7.99. The van der Waals surface area contributed by atoms with Gasteiger partial charge in [-0.05, 0) is 18.2 Å². The lowest BCUT2D eigenvalue weighted by atomic mass is 10.3. The number of fused-ring (bicyclic) bond motifs is 1. The van der Waals surface area contributed by atoms with Gasteiger partial charge in [-0.2, -0.15) is 0 Å². The summed E-state index contributed by atoms with van der Waals surface area (Å²) in [6.45, 7) is 0.613. The van der Waals surface area contributed by atoms with Gasteiger partial charge < -0.3 is 14.9 Å². The molecule has 0 bridgehead atoms. The van der Waals surface area contributed by atoms with Crippen LogP contribution in [0.2, 0.25) is 0 Å². The van der Waals surface area contributed by atoms with Gasteiger partial charge in [0.15, 0.2) is 11.5 Å². The summed E-state index contributed by atoms with van der Waals surface area (Å²) >= 11 is 0. The van der Waals surface area contributed by atoms with Gasteiger partial charge in [-0.1, -0.05) is 0 Å². The number of hydrogen-bond acceptors (Lipinski definition) is 4.